The molecule has 0 radical (unpaired) electrons. The Labute approximate surface area is 170 Å². The largest absolute Gasteiger partial charge is 0.469 e. The van der Waals surface area contributed by atoms with Crippen LogP contribution < -0.4 is 0 Å². The Morgan fingerprint density at radius 1 is 1.07 bits per heavy atom. The van der Waals surface area contributed by atoms with Crippen LogP contribution in [-0.4, -0.2) is 65.8 Å². The molecule has 0 unspecified atom stereocenters. The number of likely N-dealkylation sites (tertiary alicyclic amines) is 2. The predicted octanol–water partition coefficient (Wildman–Crippen LogP) is 2.81. The van der Waals surface area contributed by atoms with Crippen molar-refractivity contribution in [1.29, 1.82) is 0 Å². The van der Waals surface area contributed by atoms with Crippen molar-refractivity contribution in [2.24, 2.45) is 5.92 Å². The highest BCUT2D eigenvalue weighted by Gasteiger charge is 2.55. The lowest BCUT2D eigenvalue weighted by molar-refractivity contribution is -0.146. The molecule has 158 valence electrons. The monoisotopic (exact) mass is 404 g/mol. The summed E-state index contributed by atoms with van der Waals surface area (Å²) < 4.78 is 15.9. The van der Waals surface area contributed by atoms with Gasteiger partial charge in [-0.15, -0.1) is 0 Å². The van der Waals surface area contributed by atoms with E-state index in [0.29, 0.717) is 13.0 Å². The van der Waals surface area contributed by atoms with Gasteiger partial charge >= 0.3 is 18.2 Å². The number of carbonyl (C=O) groups is 3. The van der Waals surface area contributed by atoms with Gasteiger partial charge in [0.05, 0.1) is 25.1 Å². The van der Waals surface area contributed by atoms with Crippen LogP contribution in [0, 0.1) is 5.92 Å². The predicted molar refractivity (Wildman–Crippen MR) is 104 cm³/mol. The summed E-state index contributed by atoms with van der Waals surface area (Å²) in [5, 5.41) is 0. The van der Waals surface area contributed by atoms with Crippen LogP contribution in [0.15, 0.2) is 30.3 Å². The molecule has 2 amide bonds. The van der Waals surface area contributed by atoms with Crippen LogP contribution in [0.1, 0.15) is 32.8 Å². The Hall–Kier alpha value is -2.77. The van der Waals surface area contributed by atoms with Gasteiger partial charge in [0.25, 0.3) is 0 Å². The van der Waals surface area contributed by atoms with E-state index < -0.39 is 35.7 Å². The fraction of sp³-hybridized carbons (Fsp3) is 0.571. The van der Waals surface area contributed by atoms with Crippen LogP contribution in [0.3, 0.4) is 0 Å². The van der Waals surface area contributed by atoms with Gasteiger partial charge in [0.2, 0.25) is 0 Å². The quantitative estimate of drug-likeness (QED) is 0.569. The topological polar surface area (TPSA) is 85.4 Å². The van der Waals surface area contributed by atoms with E-state index in [1.54, 1.807) is 30.6 Å². The number of esters is 1. The van der Waals surface area contributed by atoms with Crippen LogP contribution in [0.5, 0.6) is 0 Å². The molecule has 0 aromatic heterocycles. The summed E-state index contributed by atoms with van der Waals surface area (Å²) in [6.45, 7) is 6.07. The maximum atomic E-state index is 12.7. The minimum absolute atomic E-state index is 0.145. The second kappa shape index (κ2) is 8.31. The van der Waals surface area contributed by atoms with Gasteiger partial charge in [-0.1, -0.05) is 30.3 Å². The third kappa shape index (κ3) is 4.63. The Bertz CT molecular complexity index is 760. The number of fused-ring (bicyclic) bond motifs is 1. The second-order valence-corrected chi connectivity index (χ2v) is 8.34. The first-order chi connectivity index (χ1) is 13.7. The molecule has 0 spiro atoms. The van der Waals surface area contributed by atoms with Crippen LogP contribution >= 0.6 is 0 Å². The van der Waals surface area contributed by atoms with E-state index in [9.17, 15) is 14.4 Å². The molecule has 8 heteroatoms. The van der Waals surface area contributed by atoms with Crippen molar-refractivity contribution in [3.05, 3.63) is 35.9 Å². The zero-order valence-corrected chi connectivity index (χ0v) is 17.3. The standard InChI is InChI=1S/C21H28N2O6/c1-21(2,3)29-20(26)22-11-10-16-17(22)15(18(24)27-4)12-23(16)19(25)28-13-14-8-6-5-7-9-14/h5-9,15-17H,10-13H2,1-4H3/t15-,16+,17+/m0/s1. The molecule has 2 fully saturated rings. The van der Waals surface area contributed by atoms with Gasteiger partial charge in [-0.3, -0.25) is 4.79 Å². The molecule has 1 aromatic carbocycles. The summed E-state index contributed by atoms with van der Waals surface area (Å²) in [6, 6.07) is 8.59. The average Bonchev–Trinajstić information content (AvgIpc) is 3.25. The van der Waals surface area contributed by atoms with Gasteiger partial charge in [-0.05, 0) is 32.8 Å². The number of methoxy groups -OCH3 is 1. The van der Waals surface area contributed by atoms with Crippen molar-refractivity contribution < 1.29 is 28.6 Å². The van der Waals surface area contributed by atoms with Crippen LogP contribution in [0.2, 0.25) is 0 Å². The molecule has 8 nitrogen and oxygen atoms in total. The van der Waals surface area contributed by atoms with E-state index in [0.717, 1.165) is 5.56 Å². The smallest absolute Gasteiger partial charge is 0.410 e. The molecule has 2 aliphatic heterocycles. The molecule has 3 atom stereocenters. The number of benzene rings is 1. The fourth-order valence-corrected chi connectivity index (χ4v) is 3.99. The zero-order chi connectivity index (χ0) is 21.2. The molecule has 2 saturated heterocycles. The van der Waals surface area contributed by atoms with Crippen molar-refractivity contribution in [3.63, 3.8) is 0 Å². The SMILES string of the molecule is COC(=O)[C@H]1CN(C(=O)OCc2ccccc2)[C@@H]2CCN(C(=O)OC(C)(C)C)[C@H]12. The number of carbonyl (C=O) groups excluding carboxylic acids is 3. The van der Waals surface area contributed by atoms with Gasteiger partial charge in [0.1, 0.15) is 12.2 Å². The van der Waals surface area contributed by atoms with E-state index in [2.05, 4.69) is 0 Å². The van der Waals surface area contributed by atoms with Crippen molar-refractivity contribution >= 4 is 18.2 Å². The number of hydrogen-bond acceptors (Lipinski definition) is 6. The molecular formula is C21H28N2O6. The molecule has 3 rings (SSSR count). The number of amides is 2. The molecule has 0 saturated carbocycles. The highest BCUT2D eigenvalue weighted by molar-refractivity contribution is 5.79. The lowest BCUT2D eigenvalue weighted by Gasteiger charge is -2.30. The summed E-state index contributed by atoms with van der Waals surface area (Å²) in [7, 11) is 1.31. The number of ether oxygens (including phenoxy) is 3. The Balaban J connectivity index is 1.73. The molecule has 0 aliphatic carbocycles. The zero-order valence-electron chi connectivity index (χ0n) is 17.3. The summed E-state index contributed by atoms with van der Waals surface area (Å²) in [5.41, 5.74) is 0.228. The summed E-state index contributed by atoms with van der Waals surface area (Å²) in [5.74, 6) is -1.09. The van der Waals surface area contributed by atoms with Gasteiger partial charge in [-0.25, -0.2) is 9.59 Å². The van der Waals surface area contributed by atoms with Crippen molar-refractivity contribution in [2.45, 2.75) is 51.5 Å². The van der Waals surface area contributed by atoms with Gasteiger partial charge in [0, 0.05) is 13.1 Å². The highest BCUT2D eigenvalue weighted by atomic mass is 16.6. The molecule has 0 N–H and O–H groups in total. The summed E-state index contributed by atoms with van der Waals surface area (Å²) in [6.07, 6.45) is -0.433. The Morgan fingerprint density at radius 3 is 2.38 bits per heavy atom. The first-order valence-corrected chi connectivity index (χ1v) is 9.76. The first-order valence-electron chi connectivity index (χ1n) is 9.76. The maximum absolute atomic E-state index is 12.7. The first kappa shape index (κ1) is 21.0. The fourth-order valence-electron chi connectivity index (χ4n) is 3.99. The Morgan fingerprint density at radius 2 is 1.76 bits per heavy atom. The number of rotatable bonds is 3. The van der Waals surface area contributed by atoms with Gasteiger partial charge < -0.3 is 24.0 Å². The molecule has 2 aliphatic rings. The van der Waals surface area contributed by atoms with Crippen molar-refractivity contribution in [3.8, 4) is 0 Å². The molecule has 29 heavy (non-hydrogen) atoms. The third-order valence-electron chi connectivity index (χ3n) is 5.20. The normalized spacial score (nSPS) is 23.5. The third-order valence-corrected chi connectivity index (χ3v) is 5.20. The highest BCUT2D eigenvalue weighted by Crippen LogP contribution is 2.37. The number of nitrogens with zero attached hydrogens (tertiary/aromatic N) is 2. The lowest BCUT2D eigenvalue weighted by atomic mass is 10.00. The van der Waals surface area contributed by atoms with Gasteiger partial charge in [-0.2, -0.15) is 0 Å². The van der Waals surface area contributed by atoms with Crippen molar-refractivity contribution in [2.75, 3.05) is 20.2 Å². The molecular weight excluding hydrogens is 376 g/mol. The molecule has 2 heterocycles. The van der Waals surface area contributed by atoms with Crippen molar-refractivity contribution in [1.82, 2.24) is 9.80 Å². The summed E-state index contributed by atoms with van der Waals surface area (Å²) >= 11 is 0. The summed E-state index contributed by atoms with van der Waals surface area (Å²) in [4.78, 5) is 40.9. The van der Waals surface area contributed by atoms with E-state index in [4.69, 9.17) is 14.2 Å². The van der Waals surface area contributed by atoms with E-state index >= 15 is 0 Å². The van der Waals surface area contributed by atoms with E-state index in [1.165, 1.54) is 7.11 Å². The van der Waals surface area contributed by atoms with Crippen LogP contribution in [0.25, 0.3) is 0 Å². The second-order valence-electron chi connectivity index (χ2n) is 8.34. The lowest BCUT2D eigenvalue weighted by Crippen LogP contribution is -2.47. The average molecular weight is 404 g/mol. The van der Waals surface area contributed by atoms with E-state index in [-0.39, 0.29) is 19.2 Å². The van der Waals surface area contributed by atoms with Gasteiger partial charge in [0.15, 0.2) is 0 Å². The van der Waals surface area contributed by atoms with Crippen LogP contribution in [-0.2, 0) is 25.6 Å². The van der Waals surface area contributed by atoms with E-state index in [1.807, 2.05) is 30.3 Å². The maximum Gasteiger partial charge on any atom is 0.410 e. The number of hydrogen-bond donors (Lipinski definition) is 0. The Kier molecular flexibility index (Phi) is 6.00. The molecule has 1 aromatic rings. The van der Waals surface area contributed by atoms with Crippen LogP contribution in [0.4, 0.5) is 9.59 Å². The minimum Gasteiger partial charge on any atom is -0.469 e. The minimum atomic E-state index is -0.650. The molecule has 0 bridgehead atoms.